The van der Waals surface area contributed by atoms with E-state index in [4.69, 9.17) is 4.74 Å². The van der Waals surface area contributed by atoms with Crippen LogP contribution in [0.2, 0.25) is 0 Å². The van der Waals surface area contributed by atoms with Crippen molar-refractivity contribution in [2.24, 2.45) is 0 Å². The molecule has 0 aliphatic carbocycles. The molecule has 86 valence electrons. The van der Waals surface area contributed by atoms with Crippen molar-refractivity contribution in [3.05, 3.63) is 29.8 Å². The summed E-state index contributed by atoms with van der Waals surface area (Å²) >= 11 is 0. The second-order valence-corrected chi connectivity index (χ2v) is 4.04. The van der Waals surface area contributed by atoms with Gasteiger partial charge in [0.15, 0.2) is 0 Å². The maximum absolute atomic E-state index is 9.30. The van der Waals surface area contributed by atoms with Crippen molar-refractivity contribution < 1.29 is 4.74 Å². The Bertz CT molecular complexity index is 395. The van der Waals surface area contributed by atoms with E-state index >= 15 is 0 Å². The van der Waals surface area contributed by atoms with E-state index in [-0.39, 0.29) is 0 Å². The van der Waals surface area contributed by atoms with Crippen LogP contribution in [-0.2, 0) is 5.54 Å². The van der Waals surface area contributed by atoms with Crippen LogP contribution in [0.4, 0.5) is 0 Å². The van der Waals surface area contributed by atoms with Gasteiger partial charge in [-0.25, -0.2) is 0 Å². The molecule has 0 aromatic heterocycles. The Kier molecular flexibility index (Phi) is 3.92. The van der Waals surface area contributed by atoms with Crippen molar-refractivity contribution in [2.45, 2.75) is 19.4 Å². The lowest BCUT2D eigenvalue weighted by molar-refractivity contribution is 0.240. The van der Waals surface area contributed by atoms with Crippen LogP contribution in [0.3, 0.4) is 0 Å². The highest BCUT2D eigenvalue weighted by Gasteiger charge is 2.29. The van der Waals surface area contributed by atoms with Crippen molar-refractivity contribution in [2.75, 3.05) is 20.7 Å². The Morgan fingerprint density at radius 1 is 1.44 bits per heavy atom. The van der Waals surface area contributed by atoms with E-state index in [1.165, 1.54) is 0 Å². The van der Waals surface area contributed by atoms with Gasteiger partial charge in [-0.3, -0.25) is 4.90 Å². The maximum Gasteiger partial charge on any atom is 0.131 e. The molecule has 16 heavy (non-hydrogen) atoms. The monoisotopic (exact) mass is 218 g/mol. The van der Waals surface area contributed by atoms with Crippen LogP contribution in [0.15, 0.2) is 24.3 Å². The third kappa shape index (κ3) is 2.34. The predicted molar refractivity (Wildman–Crippen MR) is 64.3 cm³/mol. The van der Waals surface area contributed by atoms with E-state index < -0.39 is 5.54 Å². The fourth-order valence-electron chi connectivity index (χ4n) is 1.48. The number of hydrogen-bond donors (Lipinski definition) is 0. The molecule has 3 heteroatoms. The summed E-state index contributed by atoms with van der Waals surface area (Å²) < 4.78 is 5.44. The van der Waals surface area contributed by atoms with Crippen molar-refractivity contribution in [3.63, 3.8) is 0 Å². The average Bonchev–Trinajstić information content (AvgIpc) is 2.28. The zero-order valence-corrected chi connectivity index (χ0v) is 10.3. The SMILES string of the molecule is CCOc1cccc(C(C)(C#N)N(C)C)c1. The highest BCUT2D eigenvalue weighted by Crippen LogP contribution is 2.27. The first-order valence-corrected chi connectivity index (χ1v) is 5.36. The van der Waals surface area contributed by atoms with Gasteiger partial charge in [0.05, 0.1) is 12.7 Å². The Morgan fingerprint density at radius 2 is 2.12 bits per heavy atom. The van der Waals surface area contributed by atoms with Crippen molar-refractivity contribution in [3.8, 4) is 11.8 Å². The minimum absolute atomic E-state index is 0.618. The minimum Gasteiger partial charge on any atom is -0.494 e. The minimum atomic E-state index is -0.618. The van der Waals surface area contributed by atoms with Gasteiger partial charge in [0.1, 0.15) is 11.3 Å². The second kappa shape index (κ2) is 5.00. The van der Waals surface area contributed by atoms with Crippen LogP contribution < -0.4 is 4.74 Å². The summed E-state index contributed by atoms with van der Waals surface area (Å²) in [5.41, 5.74) is 0.332. The molecular formula is C13H18N2O. The summed E-state index contributed by atoms with van der Waals surface area (Å²) in [7, 11) is 3.80. The zero-order valence-electron chi connectivity index (χ0n) is 10.3. The second-order valence-electron chi connectivity index (χ2n) is 4.04. The average molecular weight is 218 g/mol. The molecule has 0 amide bonds. The van der Waals surface area contributed by atoms with E-state index in [0.29, 0.717) is 6.61 Å². The van der Waals surface area contributed by atoms with Crippen LogP contribution in [-0.4, -0.2) is 25.6 Å². The highest BCUT2D eigenvalue weighted by molar-refractivity contribution is 5.36. The molecule has 1 rings (SSSR count). The molecule has 0 N–H and O–H groups in total. The normalized spacial score (nSPS) is 14.2. The van der Waals surface area contributed by atoms with Crippen LogP contribution in [0.25, 0.3) is 0 Å². The Balaban J connectivity index is 3.12. The lowest BCUT2D eigenvalue weighted by atomic mass is 9.92. The van der Waals surface area contributed by atoms with E-state index in [9.17, 15) is 5.26 Å². The smallest absolute Gasteiger partial charge is 0.131 e. The molecule has 0 bridgehead atoms. The maximum atomic E-state index is 9.30. The van der Waals surface area contributed by atoms with Gasteiger partial charge in [-0.05, 0) is 45.6 Å². The lowest BCUT2D eigenvalue weighted by Gasteiger charge is -2.30. The Hall–Kier alpha value is -1.53. The molecule has 0 aliphatic heterocycles. The summed E-state index contributed by atoms with van der Waals surface area (Å²) in [6.45, 7) is 4.48. The summed E-state index contributed by atoms with van der Waals surface area (Å²) in [5, 5.41) is 9.30. The third-order valence-corrected chi connectivity index (χ3v) is 2.82. The Morgan fingerprint density at radius 3 is 2.62 bits per heavy atom. The van der Waals surface area contributed by atoms with Crippen molar-refractivity contribution >= 4 is 0 Å². The molecule has 0 aliphatic rings. The molecule has 1 atom stereocenters. The molecular weight excluding hydrogens is 200 g/mol. The predicted octanol–water partition coefficient (Wildman–Crippen LogP) is 2.39. The molecule has 1 aromatic rings. The first kappa shape index (κ1) is 12.5. The summed E-state index contributed by atoms with van der Waals surface area (Å²) in [5.74, 6) is 0.809. The first-order chi connectivity index (χ1) is 7.54. The number of ether oxygens (including phenoxy) is 1. The van der Waals surface area contributed by atoms with Gasteiger partial charge in [0.25, 0.3) is 0 Å². The molecule has 0 fully saturated rings. The van der Waals surface area contributed by atoms with Gasteiger partial charge >= 0.3 is 0 Å². The van der Waals surface area contributed by atoms with Gasteiger partial charge < -0.3 is 4.74 Å². The molecule has 1 aromatic carbocycles. The van der Waals surface area contributed by atoms with Crippen molar-refractivity contribution in [1.29, 1.82) is 5.26 Å². The number of benzene rings is 1. The van der Waals surface area contributed by atoms with E-state index in [2.05, 4.69) is 6.07 Å². The number of hydrogen-bond acceptors (Lipinski definition) is 3. The van der Waals surface area contributed by atoms with Gasteiger partial charge in [0.2, 0.25) is 0 Å². The standard InChI is InChI=1S/C13H18N2O/c1-5-16-12-8-6-7-11(9-12)13(2,10-14)15(3)4/h6-9H,5H2,1-4H3. The van der Waals surface area contributed by atoms with Crippen LogP contribution in [0, 0.1) is 11.3 Å². The molecule has 1 unspecified atom stereocenters. The number of nitriles is 1. The van der Waals surface area contributed by atoms with Gasteiger partial charge in [-0.1, -0.05) is 12.1 Å². The fraction of sp³-hybridized carbons (Fsp3) is 0.462. The van der Waals surface area contributed by atoms with E-state index in [1.807, 2.05) is 57.1 Å². The molecule has 3 nitrogen and oxygen atoms in total. The van der Waals surface area contributed by atoms with Gasteiger partial charge in [-0.15, -0.1) is 0 Å². The summed E-state index contributed by atoms with van der Waals surface area (Å²) in [6, 6.07) is 10.0. The molecule has 0 saturated carbocycles. The summed E-state index contributed by atoms with van der Waals surface area (Å²) in [4.78, 5) is 1.90. The fourth-order valence-corrected chi connectivity index (χ4v) is 1.48. The molecule has 0 spiro atoms. The highest BCUT2D eigenvalue weighted by atomic mass is 16.5. The van der Waals surface area contributed by atoms with Gasteiger partial charge in [0, 0.05) is 0 Å². The summed E-state index contributed by atoms with van der Waals surface area (Å²) in [6.07, 6.45) is 0. The lowest BCUT2D eigenvalue weighted by Crippen LogP contribution is -2.36. The first-order valence-electron chi connectivity index (χ1n) is 5.36. The van der Waals surface area contributed by atoms with Crippen LogP contribution in [0.5, 0.6) is 5.75 Å². The Labute approximate surface area is 97.3 Å². The van der Waals surface area contributed by atoms with E-state index in [1.54, 1.807) is 0 Å². The topological polar surface area (TPSA) is 36.3 Å². The van der Waals surface area contributed by atoms with Crippen molar-refractivity contribution in [1.82, 2.24) is 4.90 Å². The number of rotatable bonds is 4. The molecule has 0 radical (unpaired) electrons. The van der Waals surface area contributed by atoms with E-state index in [0.717, 1.165) is 11.3 Å². The van der Waals surface area contributed by atoms with Crippen LogP contribution in [0.1, 0.15) is 19.4 Å². The van der Waals surface area contributed by atoms with Gasteiger partial charge in [-0.2, -0.15) is 5.26 Å². The molecule has 0 saturated heterocycles. The van der Waals surface area contributed by atoms with Crippen LogP contribution >= 0.6 is 0 Å². The zero-order chi connectivity index (χ0) is 12.2. The number of nitrogens with zero attached hydrogens (tertiary/aromatic N) is 2. The third-order valence-electron chi connectivity index (χ3n) is 2.82. The quantitative estimate of drug-likeness (QED) is 0.778. The molecule has 0 heterocycles. The largest absolute Gasteiger partial charge is 0.494 e.